The first kappa shape index (κ1) is 15.9. The van der Waals surface area contributed by atoms with E-state index in [0.717, 1.165) is 26.2 Å². The summed E-state index contributed by atoms with van der Waals surface area (Å²) in [4.78, 5) is 2.58. The molecule has 0 bridgehead atoms. The minimum Gasteiger partial charge on any atom is -0.383 e. The number of rotatable bonds is 10. The molecule has 0 aromatic rings. The van der Waals surface area contributed by atoms with Crippen LogP contribution in [0.1, 0.15) is 40.5 Å². The van der Waals surface area contributed by atoms with Gasteiger partial charge in [-0.2, -0.15) is 0 Å². The minimum atomic E-state index is 0.630. The molecular formula is C13H30N2O. The summed E-state index contributed by atoms with van der Waals surface area (Å²) in [6.45, 7) is 13.0. The van der Waals surface area contributed by atoms with Gasteiger partial charge in [0.25, 0.3) is 0 Å². The SMILES string of the molecule is CCNCC(CC)N(CCOC)C(C)CC. The summed E-state index contributed by atoms with van der Waals surface area (Å²) in [6, 6.07) is 1.27. The van der Waals surface area contributed by atoms with Gasteiger partial charge in [0.05, 0.1) is 6.61 Å². The Balaban J connectivity index is 4.29. The summed E-state index contributed by atoms with van der Waals surface area (Å²) in [7, 11) is 1.78. The molecule has 0 amide bonds. The van der Waals surface area contributed by atoms with Gasteiger partial charge in [0.1, 0.15) is 0 Å². The Morgan fingerprint density at radius 3 is 2.31 bits per heavy atom. The van der Waals surface area contributed by atoms with E-state index in [-0.39, 0.29) is 0 Å². The van der Waals surface area contributed by atoms with E-state index >= 15 is 0 Å². The van der Waals surface area contributed by atoms with E-state index < -0.39 is 0 Å². The van der Waals surface area contributed by atoms with Crippen molar-refractivity contribution in [1.82, 2.24) is 10.2 Å². The molecule has 0 fully saturated rings. The molecule has 0 rings (SSSR count). The van der Waals surface area contributed by atoms with E-state index in [4.69, 9.17) is 4.74 Å². The van der Waals surface area contributed by atoms with Gasteiger partial charge in [0, 0.05) is 32.3 Å². The summed E-state index contributed by atoms with van der Waals surface area (Å²) in [5, 5.41) is 3.45. The Morgan fingerprint density at radius 2 is 1.88 bits per heavy atom. The Bertz CT molecular complexity index is 153. The van der Waals surface area contributed by atoms with Crippen molar-refractivity contribution in [3.8, 4) is 0 Å². The lowest BCUT2D eigenvalue weighted by molar-refractivity contribution is 0.0855. The molecule has 0 aromatic carbocycles. The fourth-order valence-electron chi connectivity index (χ4n) is 2.00. The number of methoxy groups -OCH3 is 1. The molecule has 3 heteroatoms. The summed E-state index contributed by atoms with van der Waals surface area (Å²) in [5.41, 5.74) is 0. The quantitative estimate of drug-likeness (QED) is 0.622. The topological polar surface area (TPSA) is 24.5 Å². The zero-order valence-electron chi connectivity index (χ0n) is 11.8. The molecule has 0 radical (unpaired) electrons. The van der Waals surface area contributed by atoms with Crippen molar-refractivity contribution >= 4 is 0 Å². The fourth-order valence-corrected chi connectivity index (χ4v) is 2.00. The lowest BCUT2D eigenvalue weighted by Gasteiger charge is -2.35. The van der Waals surface area contributed by atoms with Gasteiger partial charge in [-0.05, 0) is 26.3 Å². The summed E-state index contributed by atoms with van der Waals surface area (Å²) in [6.07, 6.45) is 2.40. The second-order valence-corrected chi connectivity index (χ2v) is 4.36. The molecule has 98 valence electrons. The molecule has 0 heterocycles. The van der Waals surface area contributed by atoms with Crippen molar-refractivity contribution in [2.45, 2.75) is 52.6 Å². The number of nitrogens with one attached hydrogen (secondary N) is 1. The smallest absolute Gasteiger partial charge is 0.0589 e. The molecular weight excluding hydrogens is 200 g/mol. The zero-order valence-corrected chi connectivity index (χ0v) is 11.8. The predicted molar refractivity (Wildman–Crippen MR) is 71.0 cm³/mol. The van der Waals surface area contributed by atoms with Crippen LogP contribution in [0.15, 0.2) is 0 Å². The van der Waals surface area contributed by atoms with Gasteiger partial charge < -0.3 is 10.1 Å². The van der Waals surface area contributed by atoms with E-state index in [1.807, 2.05) is 0 Å². The van der Waals surface area contributed by atoms with E-state index in [2.05, 4.69) is 37.9 Å². The molecule has 3 nitrogen and oxygen atoms in total. The molecule has 0 aliphatic carbocycles. The first-order chi connectivity index (χ1) is 7.71. The van der Waals surface area contributed by atoms with Gasteiger partial charge in [0.2, 0.25) is 0 Å². The highest BCUT2D eigenvalue weighted by Gasteiger charge is 2.20. The van der Waals surface area contributed by atoms with Gasteiger partial charge in [0.15, 0.2) is 0 Å². The van der Waals surface area contributed by atoms with Crippen LogP contribution in [-0.4, -0.2) is 50.3 Å². The second kappa shape index (κ2) is 10.1. The maximum Gasteiger partial charge on any atom is 0.0589 e. The highest BCUT2D eigenvalue weighted by atomic mass is 16.5. The van der Waals surface area contributed by atoms with E-state index in [1.54, 1.807) is 7.11 Å². The van der Waals surface area contributed by atoms with Crippen molar-refractivity contribution in [3.63, 3.8) is 0 Å². The first-order valence-electron chi connectivity index (χ1n) is 6.66. The highest BCUT2D eigenvalue weighted by Crippen LogP contribution is 2.11. The van der Waals surface area contributed by atoms with Crippen molar-refractivity contribution in [2.75, 3.05) is 33.4 Å². The van der Waals surface area contributed by atoms with Gasteiger partial charge >= 0.3 is 0 Å². The molecule has 0 aromatic heterocycles. The summed E-state index contributed by atoms with van der Waals surface area (Å²) < 4.78 is 5.20. The second-order valence-electron chi connectivity index (χ2n) is 4.36. The van der Waals surface area contributed by atoms with Crippen LogP contribution in [-0.2, 0) is 4.74 Å². The molecule has 0 aliphatic rings. The maximum atomic E-state index is 5.20. The summed E-state index contributed by atoms with van der Waals surface area (Å²) >= 11 is 0. The first-order valence-corrected chi connectivity index (χ1v) is 6.66. The molecule has 1 N–H and O–H groups in total. The van der Waals surface area contributed by atoms with Crippen LogP contribution in [0, 0.1) is 0 Å². The van der Waals surface area contributed by atoms with Crippen molar-refractivity contribution in [1.29, 1.82) is 0 Å². The monoisotopic (exact) mass is 230 g/mol. The number of hydrogen-bond donors (Lipinski definition) is 1. The van der Waals surface area contributed by atoms with E-state index in [0.29, 0.717) is 12.1 Å². The van der Waals surface area contributed by atoms with Crippen LogP contribution < -0.4 is 5.32 Å². The van der Waals surface area contributed by atoms with Gasteiger partial charge in [-0.1, -0.05) is 20.8 Å². The Kier molecular flexibility index (Phi) is 9.99. The van der Waals surface area contributed by atoms with Crippen LogP contribution in [0.5, 0.6) is 0 Å². The standard InChI is InChI=1S/C13H30N2O/c1-6-12(4)15(9-10-16-5)13(7-2)11-14-8-3/h12-14H,6-11H2,1-5H3. The van der Waals surface area contributed by atoms with Gasteiger partial charge in [-0.15, -0.1) is 0 Å². The Labute approximate surface area is 102 Å². The van der Waals surface area contributed by atoms with E-state index in [9.17, 15) is 0 Å². The lowest BCUT2D eigenvalue weighted by Crippen LogP contribution is -2.47. The van der Waals surface area contributed by atoms with Crippen LogP contribution in [0.3, 0.4) is 0 Å². The number of ether oxygens (including phenoxy) is 1. The largest absolute Gasteiger partial charge is 0.383 e. The van der Waals surface area contributed by atoms with Crippen molar-refractivity contribution in [2.24, 2.45) is 0 Å². The third kappa shape index (κ3) is 5.83. The summed E-state index contributed by atoms with van der Waals surface area (Å²) in [5.74, 6) is 0. The Hall–Kier alpha value is -0.120. The third-order valence-electron chi connectivity index (χ3n) is 3.28. The normalized spacial score (nSPS) is 15.4. The van der Waals surface area contributed by atoms with Crippen LogP contribution in [0.2, 0.25) is 0 Å². The molecule has 0 saturated carbocycles. The van der Waals surface area contributed by atoms with Crippen molar-refractivity contribution < 1.29 is 4.74 Å². The van der Waals surface area contributed by atoms with Crippen LogP contribution in [0.4, 0.5) is 0 Å². The molecule has 16 heavy (non-hydrogen) atoms. The maximum absolute atomic E-state index is 5.20. The molecule has 2 atom stereocenters. The van der Waals surface area contributed by atoms with E-state index in [1.165, 1.54) is 12.8 Å². The van der Waals surface area contributed by atoms with Crippen LogP contribution in [0.25, 0.3) is 0 Å². The molecule has 0 saturated heterocycles. The third-order valence-corrected chi connectivity index (χ3v) is 3.28. The minimum absolute atomic E-state index is 0.630. The number of nitrogens with zero attached hydrogens (tertiary/aromatic N) is 1. The average molecular weight is 230 g/mol. The highest BCUT2D eigenvalue weighted by molar-refractivity contribution is 4.77. The lowest BCUT2D eigenvalue weighted by atomic mass is 10.1. The predicted octanol–water partition coefficient (Wildman–Crippen LogP) is 2.12. The number of likely N-dealkylation sites (N-methyl/N-ethyl adjacent to an activating group) is 1. The fraction of sp³-hybridized carbons (Fsp3) is 1.00. The molecule has 0 aliphatic heterocycles. The molecule has 0 spiro atoms. The van der Waals surface area contributed by atoms with Gasteiger partial charge in [-0.3, -0.25) is 4.90 Å². The van der Waals surface area contributed by atoms with Crippen LogP contribution >= 0.6 is 0 Å². The average Bonchev–Trinajstić information content (AvgIpc) is 2.32. The zero-order chi connectivity index (χ0) is 12.4. The number of hydrogen-bond acceptors (Lipinski definition) is 3. The molecule has 2 unspecified atom stereocenters. The van der Waals surface area contributed by atoms with Gasteiger partial charge in [-0.25, -0.2) is 0 Å². The Morgan fingerprint density at radius 1 is 1.19 bits per heavy atom. The van der Waals surface area contributed by atoms with Crippen molar-refractivity contribution in [3.05, 3.63) is 0 Å².